The molecular weight excluding hydrogens is 624 g/mol. The van der Waals surface area contributed by atoms with E-state index in [2.05, 4.69) is 33.8 Å². The van der Waals surface area contributed by atoms with Gasteiger partial charge in [0.15, 0.2) is 12.4 Å². The number of carboxylic acids is 2. The summed E-state index contributed by atoms with van der Waals surface area (Å²) >= 11 is 0. The Kier molecular flexibility index (Phi) is 8.61. The second-order valence-electron chi connectivity index (χ2n) is 17.9. The van der Waals surface area contributed by atoms with Crippen molar-refractivity contribution in [3.8, 4) is 0 Å². The minimum absolute atomic E-state index is 0.0139. The summed E-state index contributed by atoms with van der Waals surface area (Å²) in [5.41, 5.74) is -2.39. The number of aliphatic carboxylic acids is 2. The van der Waals surface area contributed by atoms with Crippen LogP contribution in [0.5, 0.6) is 0 Å². The first-order chi connectivity index (χ1) is 22.2. The maximum absolute atomic E-state index is 13.0. The molecule has 1 saturated heterocycles. The Morgan fingerprint density at radius 3 is 2.10 bits per heavy atom. The number of aliphatic hydroxyl groups excluding tert-OH is 6. The Balaban J connectivity index is 1.37. The van der Waals surface area contributed by atoms with Crippen LogP contribution in [0.4, 0.5) is 0 Å². The molecule has 5 fully saturated rings. The zero-order chi connectivity index (χ0) is 35.6. The number of fused-ring (bicyclic) bond motifs is 7. The molecule has 12 nitrogen and oxygen atoms in total. The van der Waals surface area contributed by atoms with Crippen LogP contribution in [-0.2, 0) is 19.1 Å². The molecule has 0 amide bonds. The van der Waals surface area contributed by atoms with Gasteiger partial charge in [-0.1, -0.05) is 53.2 Å². The van der Waals surface area contributed by atoms with E-state index in [4.69, 9.17) is 9.47 Å². The molecule has 0 unspecified atom stereocenters. The van der Waals surface area contributed by atoms with E-state index < -0.39 is 89.7 Å². The van der Waals surface area contributed by atoms with Crippen LogP contribution in [0.15, 0.2) is 11.6 Å². The third-order valence-electron chi connectivity index (χ3n) is 15.4. The van der Waals surface area contributed by atoms with Gasteiger partial charge in [-0.15, -0.1) is 0 Å². The van der Waals surface area contributed by atoms with Crippen LogP contribution < -0.4 is 0 Å². The topological polar surface area (TPSA) is 214 Å². The van der Waals surface area contributed by atoms with Crippen molar-refractivity contribution in [3.63, 3.8) is 0 Å². The summed E-state index contributed by atoms with van der Waals surface area (Å²) in [4.78, 5) is 24.7. The molecule has 0 radical (unpaired) electrons. The van der Waals surface area contributed by atoms with Gasteiger partial charge in [-0.05, 0) is 85.4 Å². The van der Waals surface area contributed by atoms with Crippen molar-refractivity contribution in [2.45, 2.75) is 142 Å². The summed E-state index contributed by atoms with van der Waals surface area (Å²) in [5.74, 6) is -2.92. The lowest BCUT2D eigenvalue weighted by molar-refractivity contribution is -0.353. The minimum atomic E-state index is -1.92. The average molecular weight is 681 g/mol. The summed E-state index contributed by atoms with van der Waals surface area (Å²) in [5, 5.41) is 86.5. The largest absolute Gasteiger partial charge is 0.481 e. The number of carbonyl (C=O) groups is 2. The molecule has 16 atom stereocenters. The molecule has 12 heteroatoms. The third kappa shape index (κ3) is 4.62. The van der Waals surface area contributed by atoms with Gasteiger partial charge in [0.1, 0.15) is 24.4 Å². The molecule has 4 saturated carbocycles. The van der Waals surface area contributed by atoms with Gasteiger partial charge in [-0.2, -0.15) is 0 Å². The number of hydrogen-bond acceptors (Lipinski definition) is 10. The fraction of sp³-hybridized carbons (Fsp3) is 0.889. The van der Waals surface area contributed by atoms with Crippen molar-refractivity contribution < 1.29 is 59.9 Å². The van der Waals surface area contributed by atoms with Crippen LogP contribution in [0.2, 0.25) is 0 Å². The van der Waals surface area contributed by atoms with Crippen molar-refractivity contribution >= 4 is 11.9 Å². The summed E-state index contributed by atoms with van der Waals surface area (Å²) < 4.78 is 11.4. The van der Waals surface area contributed by atoms with Gasteiger partial charge in [-0.3, -0.25) is 4.79 Å². The van der Waals surface area contributed by atoms with E-state index in [-0.39, 0.29) is 28.1 Å². The maximum atomic E-state index is 13.0. The molecule has 48 heavy (non-hydrogen) atoms. The van der Waals surface area contributed by atoms with Crippen LogP contribution in [0.1, 0.15) is 92.9 Å². The second-order valence-corrected chi connectivity index (χ2v) is 17.9. The van der Waals surface area contributed by atoms with Crippen LogP contribution in [0, 0.1) is 50.2 Å². The van der Waals surface area contributed by atoms with Gasteiger partial charge >= 0.3 is 11.9 Å². The Morgan fingerprint density at radius 2 is 1.50 bits per heavy atom. The smallest absolute Gasteiger partial charge is 0.335 e. The summed E-state index contributed by atoms with van der Waals surface area (Å²) in [6.45, 7) is 12.2. The number of carboxylic acid groups (broad SMARTS) is 2. The molecule has 0 aromatic rings. The average Bonchev–Trinajstić information content (AvgIpc) is 3.01. The summed E-state index contributed by atoms with van der Waals surface area (Å²) in [6.07, 6.45) is -5.93. The zero-order valence-electron chi connectivity index (χ0n) is 29.0. The van der Waals surface area contributed by atoms with Gasteiger partial charge < -0.3 is 50.3 Å². The SMILES string of the molecule is CC1(C)CC[C@]2(C(=O)O)CC[C@]3(C)C(=CC[C@@H]4[C@@]5(C)[C@H](O)[C@@H](O)[C@H](O[C@@H]6O[C@H](C(=O)O)[C@@H](O)[C@H](O)[C@H]6O)[C@@](C)(CO)[C@@H]5CC[C@]43C)[C@@H]2C1. The van der Waals surface area contributed by atoms with Gasteiger partial charge in [0.25, 0.3) is 0 Å². The fourth-order valence-electron chi connectivity index (χ4n) is 12.2. The van der Waals surface area contributed by atoms with E-state index in [0.29, 0.717) is 32.1 Å². The molecule has 1 aliphatic heterocycles. The first kappa shape index (κ1) is 36.2. The Hall–Kier alpha value is -1.64. The van der Waals surface area contributed by atoms with Crippen LogP contribution in [0.3, 0.4) is 0 Å². The van der Waals surface area contributed by atoms with E-state index >= 15 is 0 Å². The van der Waals surface area contributed by atoms with Crippen molar-refractivity contribution in [2.75, 3.05) is 6.61 Å². The number of rotatable bonds is 5. The molecule has 0 aromatic heterocycles. The molecule has 1 heterocycles. The molecule has 0 bridgehead atoms. The monoisotopic (exact) mass is 680 g/mol. The van der Waals surface area contributed by atoms with E-state index in [1.165, 1.54) is 5.57 Å². The molecule has 0 spiro atoms. The Bertz CT molecular complexity index is 1350. The molecule has 8 N–H and O–H groups in total. The standard InChI is InChI=1S/C36H56O12/c1-31(2)11-13-36(30(45)46)14-12-33(4)17(18(36)15-31)7-8-20-34(33,5)10-9-19-32(3,16-37)27(24(41)26(42)35(19,20)6)48-29-23(40)21(38)22(39)25(47-29)28(43)44/h7,18-27,29,37-42H,8-16H2,1-6H3,(H,43,44)(H,45,46)/t18-,19-,20-,21-,22-,23+,24+,25-,26+,27-,29-,32-,33+,34+,35-,36-/m0/s1. The highest BCUT2D eigenvalue weighted by Crippen LogP contribution is 2.76. The second kappa shape index (κ2) is 11.4. The van der Waals surface area contributed by atoms with Crippen molar-refractivity contribution in [2.24, 2.45) is 50.2 Å². The number of allylic oxidation sites excluding steroid dienone is 2. The normalized spacial score (nSPS) is 54.5. The minimum Gasteiger partial charge on any atom is -0.481 e. The Morgan fingerprint density at radius 1 is 0.854 bits per heavy atom. The van der Waals surface area contributed by atoms with Gasteiger partial charge in [-0.25, -0.2) is 4.79 Å². The number of hydrogen-bond donors (Lipinski definition) is 8. The lowest BCUT2D eigenvalue weighted by Crippen LogP contribution is -2.74. The molecular formula is C36H56O12. The predicted octanol–water partition coefficient (Wildman–Crippen LogP) is 2.06. The van der Waals surface area contributed by atoms with Gasteiger partial charge in [0, 0.05) is 10.8 Å². The van der Waals surface area contributed by atoms with E-state index in [9.17, 15) is 50.4 Å². The predicted molar refractivity (Wildman–Crippen MR) is 170 cm³/mol. The van der Waals surface area contributed by atoms with Crippen molar-refractivity contribution in [1.29, 1.82) is 0 Å². The first-order valence-electron chi connectivity index (χ1n) is 17.7. The van der Waals surface area contributed by atoms with Crippen molar-refractivity contribution in [3.05, 3.63) is 11.6 Å². The quantitative estimate of drug-likeness (QED) is 0.155. The zero-order valence-corrected chi connectivity index (χ0v) is 29.0. The molecule has 272 valence electrons. The molecule has 6 rings (SSSR count). The van der Waals surface area contributed by atoms with Crippen LogP contribution >= 0.6 is 0 Å². The van der Waals surface area contributed by atoms with E-state index in [1.807, 2.05) is 6.92 Å². The third-order valence-corrected chi connectivity index (χ3v) is 15.4. The van der Waals surface area contributed by atoms with Crippen LogP contribution in [0.25, 0.3) is 0 Å². The van der Waals surface area contributed by atoms with Crippen LogP contribution in [-0.4, -0.2) is 108 Å². The van der Waals surface area contributed by atoms with E-state index in [1.54, 1.807) is 6.92 Å². The lowest BCUT2D eigenvalue weighted by atomic mass is 9.33. The summed E-state index contributed by atoms with van der Waals surface area (Å²) in [7, 11) is 0. The van der Waals surface area contributed by atoms with E-state index in [0.717, 1.165) is 19.3 Å². The fourth-order valence-corrected chi connectivity index (χ4v) is 12.2. The highest BCUT2D eigenvalue weighted by atomic mass is 16.7. The first-order valence-corrected chi connectivity index (χ1v) is 17.7. The highest BCUT2D eigenvalue weighted by molar-refractivity contribution is 5.76. The molecule has 0 aromatic carbocycles. The van der Waals surface area contributed by atoms with Gasteiger partial charge in [0.05, 0.1) is 24.2 Å². The maximum Gasteiger partial charge on any atom is 0.335 e. The molecule has 5 aliphatic carbocycles. The Labute approximate surface area is 282 Å². The number of aliphatic hydroxyl groups is 6. The van der Waals surface area contributed by atoms with Gasteiger partial charge in [0.2, 0.25) is 0 Å². The highest BCUT2D eigenvalue weighted by Gasteiger charge is 2.73. The molecule has 6 aliphatic rings. The number of ether oxygens (including phenoxy) is 2. The lowest BCUT2D eigenvalue weighted by Gasteiger charge is -2.72. The summed E-state index contributed by atoms with van der Waals surface area (Å²) in [6, 6.07) is 0. The van der Waals surface area contributed by atoms with Crippen molar-refractivity contribution in [1.82, 2.24) is 0 Å².